The smallest absolute Gasteiger partial charge is 0.410 e. The van der Waals surface area contributed by atoms with Crippen LogP contribution in [0.1, 0.15) is 80.6 Å². The number of nitrogens with zero attached hydrogens (tertiary/aromatic N) is 3. The average molecular weight is 467 g/mol. The fourth-order valence-electron chi connectivity index (χ4n) is 4.16. The molecule has 0 aromatic heterocycles. The van der Waals surface area contributed by atoms with Gasteiger partial charge in [-0.2, -0.15) is 0 Å². The molecule has 2 aliphatic rings. The monoisotopic (exact) mass is 466 g/mol. The summed E-state index contributed by atoms with van der Waals surface area (Å²) in [6.45, 7) is 18.6. The lowest BCUT2D eigenvalue weighted by Crippen LogP contribution is -2.55. The molecule has 3 amide bonds. The Morgan fingerprint density at radius 2 is 1.45 bits per heavy atom. The van der Waals surface area contributed by atoms with Crippen molar-refractivity contribution in [1.82, 2.24) is 20.0 Å². The van der Waals surface area contributed by atoms with Crippen LogP contribution >= 0.6 is 0 Å². The molecule has 0 aromatic carbocycles. The Morgan fingerprint density at radius 1 is 0.879 bits per heavy atom. The van der Waals surface area contributed by atoms with Gasteiger partial charge in [0.2, 0.25) is 11.8 Å². The van der Waals surface area contributed by atoms with Crippen LogP contribution in [0.3, 0.4) is 0 Å². The van der Waals surface area contributed by atoms with Gasteiger partial charge in [0.25, 0.3) is 0 Å². The predicted molar refractivity (Wildman–Crippen MR) is 130 cm³/mol. The summed E-state index contributed by atoms with van der Waals surface area (Å²) in [5.41, 5.74) is -0.442. The molecule has 2 fully saturated rings. The van der Waals surface area contributed by atoms with Crippen molar-refractivity contribution >= 4 is 17.9 Å². The van der Waals surface area contributed by atoms with Crippen LogP contribution in [-0.2, 0) is 14.3 Å². The number of nitrogens with one attached hydrogen (secondary N) is 1. The maximum atomic E-state index is 12.6. The molecule has 8 heteroatoms. The number of hydrogen-bond acceptors (Lipinski definition) is 5. The summed E-state index contributed by atoms with van der Waals surface area (Å²) in [6.07, 6.45) is 3.06. The first-order chi connectivity index (χ1) is 15.3. The van der Waals surface area contributed by atoms with Crippen LogP contribution in [0.4, 0.5) is 4.79 Å². The van der Waals surface area contributed by atoms with E-state index in [-0.39, 0.29) is 29.4 Å². The van der Waals surface area contributed by atoms with Crippen LogP contribution in [0.5, 0.6) is 0 Å². The highest BCUT2D eigenvalue weighted by molar-refractivity contribution is 5.79. The number of hydrogen-bond donors (Lipinski definition) is 1. The number of ether oxygens (including phenoxy) is 1. The minimum Gasteiger partial charge on any atom is -0.444 e. The lowest BCUT2D eigenvalue weighted by atomic mass is 9.88. The van der Waals surface area contributed by atoms with E-state index in [1.54, 1.807) is 4.90 Å². The number of piperidine rings is 1. The van der Waals surface area contributed by atoms with Crippen molar-refractivity contribution in [2.45, 2.75) is 98.3 Å². The molecule has 0 radical (unpaired) electrons. The summed E-state index contributed by atoms with van der Waals surface area (Å²) >= 11 is 0. The van der Waals surface area contributed by atoms with Gasteiger partial charge in [-0.05, 0) is 52.4 Å². The van der Waals surface area contributed by atoms with Gasteiger partial charge in [-0.3, -0.25) is 14.5 Å². The van der Waals surface area contributed by atoms with E-state index in [0.717, 1.165) is 39.0 Å². The molecular formula is C25H46N4O4. The SMILES string of the molecule is CC(NC(=O)CCCC(=O)N1CCN(C2CCN(C(=O)OC(C)(C)C)CC2)CC1)C(C)(C)C. The Kier molecular flexibility index (Phi) is 9.58. The molecule has 0 spiro atoms. The van der Waals surface area contributed by atoms with Crippen molar-refractivity contribution in [2.75, 3.05) is 39.3 Å². The third-order valence-electron chi connectivity index (χ3n) is 6.77. The largest absolute Gasteiger partial charge is 0.444 e. The summed E-state index contributed by atoms with van der Waals surface area (Å²) in [6, 6.07) is 0.555. The zero-order valence-corrected chi connectivity index (χ0v) is 21.9. The average Bonchev–Trinajstić information content (AvgIpc) is 2.72. The number of piperazine rings is 1. The standard InChI is InChI=1S/C25H46N4O4/c1-19(24(2,3)4)26-21(30)9-8-10-22(31)28-17-15-27(16-18-28)20-11-13-29(14-12-20)23(32)33-25(5,6)7/h19-20H,8-18H2,1-7H3,(H,26,30). The molecule has 0 aliphatic carbocycles. The van der Waals surface area contributed by atoms with E-state index >= 15 is 0 Å². The summed E-state index contributed by atoms with van der Waals surface area (Å²) < 4.78 is 5.48. The Bertz CT molecular complexity index is 667. The fourth-order valence-corrected chi connectivity index (χ4v) is 4.16. The van der Waals surface area contributed by atoms with Gasteiger partial charge in [0, 0.05) is 64.2 Å². The summed E-state index contributed by atoms with van der Waals surface area (Å²) in [7, 11) is 0. The van der Waals surface area contributed by atoms with Crippen molar-refractivity contribution in [3.63, 3.8) is 0 Å². The predicted octanol–water partition coefficient (Wildman–Crippen LogP) is 3.25. The highest BCUT2D eigenvalue weighted by Gasteiger charge is 2.31. The summed E-state index contributed by atoms with van der Waals surface area (Å²) in [5, 5.41) is 3.03. The van der Waals surface area contributed by atoms with Crippen LogP contribution in [0.25, 0.3) is 0 Å². The number of likely N-dealkylation sites (tertiary alicyclic amines) is 1. The van der Waals surface area contributed by atoms with Gasteiger partial charge in [0.1, 0.15) is 5.60 Å². The van der Waals surface area contributed by atoms with Crippen LogP contribution in [0.2, 0.25) is 0 Å². The third-order valence-corrected chi connectivity index (χ3v) is 6.77. The number of carbonyl (C=O) groups excluding carboxylic acids is 3. The zero-order valence-electron chi connectivity index (χ0n) is 21.9. The highest BCUT2D eigenvalue weighted by atomic mass is 16.6. The minimum absolute atomic E-state index is 0.0211. The molecule has 8 nitrogen and oxygen atoms in total. The topological polar surface area (TPSA) is 82.2 Å². The van der Waals surface area contributed by atoms with E-state index in [1.165, 1.54) is 0 Å². The molecule has 1 atom stereocenters. The second kappa shape index (κ2) is 11.5. The minimum atomic E-state index is -0.467. The van der Waals surface area contributed by atoms with Gasteiger partial charge < -0.3 is 19.9 Å². The first-order valence-corrected chi connectivity index (χ1v) is 12.6. The normalized spacial score (nSPS) is 19.8. The Labute approximate surface area is 200 Å². The van der Waals surface area contributed by atoms with E-state index in [2.05, 4.69) is 31.0 Å². The fraction of sp³-hybridized carbons (Fsp3) is 0.880. The van der Waals surface area contributed by atoms with Gasteiger partial charge in [-0.1, -0.05) is 20.8 Å². The van der Waals surface area contributed by atoms with E-state index < -0.39 is 5.60 Å². The molecule has 2 saturated heterocycles. The van der Waals surface area contributed by atoms with E-state index in [0.29, 0.717) is 38.4 Å². The van der Waals surface area contributed by atoms with Gasteiger partial charge in [0.15, 0.2) is 0 Å². The van der Waals surface area contributed by atoms with Gasteiger partial charge in [-0.15, -0.1) is 0 Å². The quantitative estimate of drug-likeness (QED) is 0.650. The third kappa shape index (κ3) is 9.14. The Morgan fingerprint density at radius 3 is 1.97 bits per heavy atom. The van der Waals surface area contributed by atoms with Crippen molar-refractivity contribution < 1.29 is 19.1 Å². The van der Waals surface area contributed by atoms with Crippen LogP contribution < -0.4 is 5.32 Å². The molecule has 2 aliphatic heterocycles. The molecule has 2 heterocycles. The van der Waals surface area contributed by atoms with E-state index in [4.69, 9.17) is 4.74 Å². The molecule has 1 N–H and O–H groups in total. The van der Waals surface area contributed by atoms with Crippen molar-refractivity contribution in [3.05, 3.63) is 0 Å². The van der Waals surface area contributed by atoms with Gasteiger partial charge >= 0.3 is 6.09 Å². The summed E-state index contributed by atoms with van der Waals surface area (Å²) in [4.78, 5) is 43.2. The second-order valence-corrected chi connectivity index (χ2v) is 11.6. The zero-order chi connectivity index (χ0) is 24.8. The van der Waals surface area contributed by atoms with Gasteiger partial charge in [0.05, 0.1) is 0 Å². The maximum Gasteiger partial charge on any atom is 0.410 e. The molecule has 0 bridgehead atoms. The van der Waals surface area contributed by atoms with Gasteiger partial charge in [-0.25, -0.2) is 4.79 Å². The molecule has 190 valence electrons. The Balaban J connectivity index is 1.65. The Hall–Kier alpha value is -1.83. The van der Waals surface area contributed by atoms with E-state index in [9.17, 15) is 14.4 Å². The molecule has 33 heavy (non-hydrogen) atoms. The van der Waals surface area contributed by atoms with Crippen LogP contribution in [0, 0.1) is 5.41 Å². The molecule has 0 saturated carbocycles. The van der Waals surface area contributed by atoms with Crippen molar-refractivity contribution in [1.29, 1.82) is 0 Å². The molecule has 1 unspecified atom stereocenters. The lowest BCUT2D eigenvalue weighted by molar-refractivity contribution is -0.133. The number of amides is 3. The van der Waals surface area contributed by atoms with Crippen molar-refractivity contribution in [3.8, 4) is 0 Å². The first-order valence-electron chi connectivity index (χ1n) is 12.6. The number of carbonyl (C=O) groups is 3. The van der Waals surface area contributed by atoms with Crippen molar-refractivity contribution in [2.24, 2.45) is 5.41 Å². The second-order valence-electron chi connectivity index (χ2n) is 11.6. The molecular weight excluding hydrogens is 420 g/mol. The van der Waals surface area contributed by atoms with Crippen LogP contribution in [0.15, 0.2) is 0 Å². The molecule has 2 rings (SSSR count). The highest BCUT2D eigenvalue weighted by Crippen LogP contribution is 2.21. The van der Waals surface area contributed by atoms with E-state index in [1.807, 2.05) is 32.6 Å². The molecule has 0 aromatic rings. The van der Waals surface area contributed by atoms with Crippen LogP contribution in [-0.4, -0.2) is 89.6 Å². The maximum absolute atomic E-state index is 12.6. The summed E-state index contributed by atoms with van der Waals surface area (Å²) in [5.74, 6) is 0.166. The first kappa shape index (κ1) is 27.4. The lowest BCUT2D eigenvalue weighted by Gasteiger charge is -2.42. The number of rotatable bonds is 6.